The molecular weight excluding hydrogens is 266 g/mol. The van der Waals surface area contributed by atoms with Crippen molar-refractivity contribution in [2.24, 2.45) is 0 Å². The van der Waals surface area contributed by atoms with Crippen molar-refractivity contribution in [3.63, 3.8) is 0 Å². The van der Waals surface area contributed by atoms with Gasteiger partial charge in [-0.25, -0.2) is 4.79 Å². The van der Waals surface area contributed by atoms with E-state index in [0.29, 0.717) is 18.8 Å². The van der Waals surface area contributed by atoms with E-state index in [9.17, 15) is 13.8 Å². The third-order valence-electron chi connectivity index (χ3n) is 3.04. The average Bonchev–Trinajstić information content (AvgIpc) is 2.74. The lowest BCUT2D eigenvalue weighted by Gasteiger charge is -2.08. The van der Waals surface area contributed by atoms with E-state index in [1.807, 2.05) is 0 Å². The van der Waals surface area contributed by atoms with Crippen LogP contribution in [0.5, 0.6) is 0 Å². The van der Waals surface area contributed by atoms with E-state index in [0.717, 1.165) is 19.3 Å². The molecule has 0 bridgehead atoms. The molecule has 1 rings (SSSR count). The Morgan fingerprint density at radius 3 is 2.74 bits per heavy atom. The maximum atomic E-state index is 11.7. The van der Waals surface area contributed by atoms with Crippen LogP contribution in [0.4, 0.5) is 0 Å². The number of hydrogen-bond donors (Lipinski definition) is 1. The van der Waals surface area contributed by atoms with Crippen molar-refractivity contribution in [2.75, 3.05) is 18.1 Å². The van der Waals surface area contributed by atoms with Gasteiger partial charge in [0.2, 0.25) is 5.91 Å². The van der Waals surface area contributed by atoms with E-state index in [2.05, 4.69) is 12.2 Å². The maximum absolute atomic E-state index is 11.7. The van der Waals surface area contributed by atoms with E-state index in [1.165, 1.54) is 12.8 Å². The molecule has 1 N–H and O–H groups in total. The van der Waals surface area contributed by atoms with Crippen molar-refractivity contribution in [3.8, 4) is 0 Å². The van der Waals surface area contributed by atoms with Crippen LogP contribution in [0, 0.1) is 0 Å². The molecular formula is C13H23NO4S. The zero-order valence-corrected chi connectivity index (χ0v) is 12.3. The van der Waals surface area contributed by atoms with Crippen LogP contribution in [-0.2, 0) is 25.1 Å². The summed E-state index contributed by atoms with van der Waals surface area (Å²) < 4.78 is 16.4. The van der Waals surface area contributed by atoms with Crippen LogP contribution < -0.4 is 5.32 Å². The largest absolute Gasteiger partial charge is 0.464 e. The zero-order valence-electron chi connectivity index (χ0n) is 11.5. The van der Waals surface area contributed by atoms with Crippen LogP contribution in [0.15, 0.2) is 0 Å². The van der Waals surface area contributed by atoms with Gasteiger partial charge in [-0.05, 0) is 6.42 Å². The molecule has 1 aliphatic rings. The summed E-state index contributed by atoms with van der Waals surface area (Å²) in [6.07, 6.45) is 6.02. The summed E-state index contributed by atoms with van der Waals surface area (Å²) in [5, 5.41) is 2.56. The molecule has 0 spiro atoms. The fourth-order valence-corrected chi connectivity index (χ4v) is 2.99. The fourth-order valence-electron chi connectivity index (χ4n) is 1.95. The number of cyclic esters (lactones) is 1. The molecule has 1 aliphatic heterocycles. The molecule has 110 valence electrons. The molecule has 0 aromatic carbocycles. The highest BCUT2D eigenvalue weighted by atomic mass is 32.2. The van der Waals surface area contributed by atoms with Gasteiger partial charge in [0.1, 0.15) is 11.8 Å². The summed E-state index contributed by atoms with van der Waals surface area (Å²) in [7, 11) is -1.13. The summed E-state index contributed by atoms with van der Waals surface area (Å²) in [5.74, 6) is -0.168. The highest BCUT2D eigenvalue weighted by Crippen LogP contribution is 2.06. The molecule has 1 fully saturated rings. The van der Waals surface area contributed by atoms with Gasteiger partial charge < -0.3 is 10.1 Å². The van der Waals surface area contributed by atoms with Gasteiger partial charge in [0.15, 0.2) is 0 Å². The molecule has 19 heavy (non-hydrogen) atoms. The summed E-state index contributed by atoms with van der Waals surface area (Å²) in [4.78, 5) is 22.7. The van der Waals surface area contributed by atoms with Gasteiger partial charge >= 0.3 is 5.97 Å². The van der Waals surface area contributed by atoms with Crippen molar-refractivity contribution in [2.45, 2.75) is 51.5 Å². The summed E-state index contributed by atoms with van der Waals surface area (Å²) >= 11 is 0. The standard InChI is InChI=1S/C13H23NO4S/c1-2-3-4-5-6-9-19(17)10-12(15)14-11-7-8-18-13(11)16/h11H,2-10H2,1H3,(H,14,15)/t11-,19?/m0/s1. The Kier molecular flexibility index (Phi) is 7.70. The Morgan fingerprint density at radius 1 is 1.37 bits per heavy atom. The predicted octanol–water partition coefficient (Wildman–Crippen LogP) is 1.14. The van der Waals surface area contributed by atoms with Crippen molar-refractivity contribution < 1.29 is 18.5 Å². The van der Waals surface area contributed by atoms with Gasteiger partial charge in [0.25, 0.3) is 0 Å². The minimum Gasteiger partial charge on any atom is -0.464 e. The molecule has 0 aromatic rings. The molecule has 1 unspecified atom stereocenters. The summed E-state index contributed by atoms with van der Waals surface area (Å²) in [5.41, 5.74) is 0. The highest BCUT2D eigenvalue weighted by molar-refractivity contribution is 7.85. The second kappa shape index (κ2) is 9.07. The number of unbranched alkanes of at least 4 members (excludes halogenated alkanes) is 4. The van der Waals surface area contributed by atoms with Crippen LogP contribution in [-0.4, -0.2) is 40.2 Å². The number of hydrogen-bond acceptors (Lipinski definition) is 4. The summed E-state index contributed by atoms with van der Waals surface area (Å²) in [6.45, 7) is 2.50. The molecule has 5 nitrogen and oxygen atoms in total. The van der Waals surface area contributed by atoms with Crippen LogP contribution in [0.25, 0.3) is 0 Å². The number of rotatable bonds is 9. The van der Waals surface area contributed by atoms with Gasteiger partial charge in [-0.1, -0.05) is 32.6 Å². The third-order valence-corrected chi connectivity index (χ3v) is 4.37. The SMILES string of the molecule is CCCCCCCS(=O)CC(=O)N[C@H]1CCOC1=O. The maximum Gasteiger partial charge on any atom is 0.328 e. The minimum atomic E-state index is -1.13. The first-order valence-electron chi connectivity index (χ1n) is 6.94. The zero-order chi connectivity index (χ0) is 14.1. The lowest BCUT2D eigenvalue weighted by Crippen LogP contribution is -2.40. The first-order chi connectivity index (χ1) is 9.13. The van der Waals surface area contributed by atoms with Gasteiger partial charge in [-0.15, -0.1) is 0 Å². The lowest BCUT2D eigenvalue weighted by atomic mass is 10.2. The molecule has 1 amide bonds. The predicted molar refractivity (Wildman–Crippen MR) is 74.1 cm³/mol. The molecule has 0 radical (unpaired) electrons. The Balaban J connectivity index is 2.10. The molecule has 1 saturated heterocycles. The third kappa shape index (κ3) is 6.71. The van der Waals surface area contributed by atoms with E-state index in [-0.39, 0.29) is 11.7 Å². The second-order valence-corrected chi connectivity index (χ2v) is 6.36. The quantitative estimate of drug-likeness (QED) is 0.510. The van der Waals surface area contributed by atoms with Gasteiger partial charge in [0.05, 0.1) is 6.61 Å². The molecule has 6 heteroatoms. The normalized spacial score (nSPS) is 20.1. The molecule has 0 aromatic heterocycles. The van der Waals surface area contributed by atoms with Crippen LogP contribution in [0.2, 0.25) is 0 Å². The first-order valence-corrected chi connectivity index (χ1v) is 8.43. The van der Waals surface area contributed by atoms with Gasteiger partial charge in [0, 0.05) is 23.0 Å². The van der Waals surface area contributed by atoms with E-state index < -0.39 is 22.8 Å². The molecule has 0 aliphatic carbocycles. The Morgan fingerprint density at radius 2 is 2.11 bits per heavy atom. The number of nitrogens with one attached hydrogen (secondary N) is 1. The topological polar surface area (TPSA) is 72.5 Å². The van der Waals surface area contributed by atoms with E-state index in [1.54, 1.807) is 0 Å². The number of carbonyl (C=O) groups is 2. The van der Waals surface area contributed by atoms with Crippen LogP contribution in [0.3, 0.4) is 0 Å². The Hall–Kier alpha value is -0.910. The van der Waals surface area contributed by atoms with Gasteiger partial charge in [-0.3, -0.25) is 9.00 Å². The Bertz CT molecular complexity index is 333. The van der Waals surface area contributed by atoms with Gasteiger partial charge in [-0.2, -0.15) is 0 Å². The van der Waals surface area contributed by atoms with E-state index in [4.69, 9.17) is 4.74 Å². The van der Waals surface area contributed by atoms with Crippen molar-refractivity contribution >= 4 is 22.7 Å². The number of ether oxygens (including phenoxy) is 1. The Labute approximate surface area is 116 Å². The van der Waals surface area contributed by atoms with E-state index >= 15 is 0 Å². The molecule has 1 heterocycles. The highest BCUT2D eigenvalue weighted by Gasteiger charge is 2.28. The molecule has 0 saturated carbocycles. The number of carbonyl (C=O) groups excluding carboxylic acids is 2. The van der Waals surface area contributed by atoms with Crippen LogP contribution in [0.1, 0.15) is 45.4 Å². The van der Waals surface area contributed by atoms with Crippen LogP contribution >= 0.6 is 0 Å². The van der Waals surface area contributed by atoms with Crippen molar-refractivity contribution in [3.05, 3.63) is 0 Å². The summed E-state index contributed by atoms with van der Waals surface area (Å²) in [6, 6.07) is -0.547. The first kappa shape index (κ1) is 16.1. The lowest BCUT2D eigenvalue weighted by molar-refractivity contribution is -0.141. The number of amides is 1. The minimum absolute atomic E-state index is 0.0163. The fraction of sp³-hybridized carbons (Fsp3) is 0.846. The number of esters is 1. The monoisotopic (exact) mass is 289 g/mol. The smallest absolute Gasteiger partial charge is 0.328 e. The second-order valence-electron chi connectivity index (χ2n) is 4.78. The average molecular weight is 289 g/mol. The molecule has 2 atom stereocenters. The van der Waals surface area contributed by atoms with Crippen molar-refractivity contribution in [1.82, 2.24) is 5.32 Å². The van der Waals surface area contributed by atoms with Crippen molar-refractivity contribution in [1.29, 1.82) is 0 Å².